The zero-order valence-corrected chi connectivity index (χ0v) is 12.8. The summed E-state index contributed by atoms with van der Waals surface area (Å²) in [5, 5.41) is 9.40. The van der Waals surface area contributed by atoms with E-state index in [1.807, 2.05) is 0 Å². The molecule has 1 aliphatic heterocycles. The van der Waals surface area contributed by atoms with Crippen molar-refractivity contribution in [3.05, 3.63) is 35.6 Å². The standard InChI is InChI=1S/C18H20FNO3/c19-12-5-3-10(4-6-12)13-7-14(13)17(21)20-8-15(11-1-2-11)16(9-20)18(22)23/h3-6,11,13-16H,1-2,7-9H2,(H,22,23)/t13?,14?,15-,16+/m1/s1. The molecule has 1 amide bonds. The smallest absolute Gasteiger partial charge is 0.308 e. The molecular formula is C18H20FNO3. The van der Waals surface area contributed by atoms with E-state index in [1.54, 1.807) is 17.0 Å². The molecule has 1 aromatic carbocycles. The second-order valence-corrected chi connectivity index (χ2v) is 7.19. The third-order valence-electron chi connectivity index (χ3n) is 5.63. The summed E-state index contributed by atoms with van der Waals surface area (Å²) in [6, 6.07) is 6.33. The topological polar surface area (TPSA) is 57.6 Å². The van der Waals surface area contributed by atoms with Crippen molar-refractivity contribution in [1.29, 1.82) is 0 Å². The van der Waals surface area contributed by atoms with Crippen LogP contribution in [0.5, 0.6) is 0 Å². The molecule has 5 heteroatoms. The van der Waals surface area contributed by atoms with Crippen molar-refractivity contribution < 1.29 is 19.1 Å². The normalized spacial score (nSPS) is 32.8. The summed E-state index contributed by atoms with van der Waals surface area (Å²) in [6.45, 7) is 0.940. The van der Waals surface area contributed by atoms with Crippen LogP contribution < -0.4 is 0 Å². The van der Waals surface area contributed by atoms with Crippen LogP contribution in [0.2, 0.25) is 0 Å². The Balaban J connectivity index is 1.42. The van der Waals surface area contributed by atoms with Crippen LogP contribution in [0.15, 0.2) is 24.3 Å². The minimum Gasteiger partial charge on any atom is -0.481 e. The quantitative estimate of drug-likeness (QED) is 0.928. The number of nitrogens with zero attached hydrogens (tertiary/aromatic N) is 1. The van der Waals surface area contributed by atoms with Crippen LogP contribution >= 0.6 is 0 Å². The monoisotopic (exact) mass is 317 g/mol. The molecule has 0 bridgehead atoms. The molecule has 4 rings (SSSR count). The Morgan fingerprint density at radius 2 is 1.78 bits per heavy atom. The zero-order valence-electron chi connectivity index (χ0n) is 12.8. The highest BCUT2D eigenvalue weighted by atomic mass is 19.1. The fourth-order valence-electron chi connectivity index (χ4n) is 4.05. The molecular weight excluding hydrogens is 297 g/mol. The number of rotatable bonds is 4. The molecule has 4 nitrogen and oxygen atoms in total. The fraction of sp³-hybridized carbons (Fsp3) is 0.556. The molecule has 23 heavy (non-hydrogen) atoms. The van der Waals surface area contributed by atoms with Gasteiger partial charge in [-0.25, -0.2) is 4.39 Å². The van der Waals surface area contributed by atoms with E-state index in [2.05, 4.69) is 0 Å². The lowest BCUT2D eigenvalue weighted by Gasteiger charge is -2.16. The maximum absolute atomic E-state index is 13.0. The van der Waals surface area contributed by atoms with Gasteiger partial charge in [-0.3, -0.25) is 9.59 Å². The first-order valence-corrected chi connectivity index (χ1v) is 8.31. The predicted molar refractivity (Wildman–Crippen MR) is 81.2 cm³/mol. The van der Waals surface area contributed by atoms with E-state index in [4.69, 9.17) is 0 Å². The van der Waals surface area contributed by atoms with Gasteiger partial charge in [0, 0.05) is 19.0 Å². The van der Waals surface area contributed by atoms with Crippen molar-refractivity contribution in [1.82, 2.24) is 4.90 Å². The average Bonchev–Trinajstić information content (AvgIpc) is 3.44. The van der Waals surface area contributed by atoms with Gasteiger partial charge in [0.05, 0.1) is 5.92 Å². The first-order valence-electron chi connectivity index (χ1n) is 8.31. The van der Waals surface area contributed by atoms with Gasteiger partial charge in [0.15, 0.2) is 0 Å². The summed E-state index contributed by atoms with van der Waals surface area (Å²) in [6.07, 6.45) is 2.98. The SMILES string of the molecule is O=C(O)[C@H]1CN(C(=O)C2CC2c2ccc(F)cc2)C[C@@H]1C1CC1. The van der Waals surface area contributed by atoms with E-state index in [-0.39, 0.29) is 29.5 Å². The van der Waals surface area contributed by atoms with Gasteiger partial charge in [-0.05, 0) is 54.7 Å². The third kappa shape index (κ3) is 2.73. The number of halogens is 1. The van der Waals surface area contributed by atoms with E-state index in [0.29, 0.717) is 19.0 Å². The molecule has 0 spiro atoms. The Morgan fingerprint density at radius 3 is 2.39 bits per heavy atom. The maximum Gasteiger partial charge on any atom is 0.308 e. The van der Waals surface area contributed by atoms with Gasteiger partial charge < -0.3 is 10.0 Å². The number of benzene rings is 1. The first kappa shape index (κ1) is 14.7. The van der Waals surface area contributed by atoms with Gasteiger partial charge in [0.25, 0.3) is 0 Å². The summed E-state index contributed by atoms with van der Waals surface area (Å²) in [7, 11) is 0. The maximum atomic E-state index is 13.0. The summed E-state index contributed by atoms with van der Waals surface area (Å²) in [5.74, 6) is -0.667. The molecule has 1 saturated heterocycles. The van der Waals surface area contributed by atoms with Crippen LogP contribution in [0.3, 0.4) is 0 Å². The van der Waals surface area contributed by atoms with Crippen molar-refractivity contribution in [3.8, 4) is 0 Å². The van der Waals surface area contributed by atoms with Crippen molar-refractivity contribution in [2.24, 2.45) is 23.7 Å². The fourth-order valence-corrected chi connectivity index (χ4v) is 4.05. The van der Waals surface area contributed by atoms with Gasteiger partial charge in [-0.1, -0.05) is 12.1 Å². The number of carbonyl (C=O) groups is 2. The molecule has 4 atom stereocenters. The zero-order chi connectivity index (χ0) is 16.1. The van der Waals surface area contributed by atoms with Crippen LogP contribution in [0.1, 0.15) is 30.7 Å². The van der Waals surface area contributed by atoms with Crippen LogP contribution in [-0.4, -0.2) is 35.0 Å². The van der Waals surface area contributed by atoms with E-state index in [0.717, 1.165) is 24.8 Å². The lowest BCUT2D eigenvalue weighted by molar-refractivity contribution is -0.142. The van der Waals surface area contributed by atoms with Crippen LogP contribution in [-0.2, 0) is 9.59 Å². The highest BCUT2D eigenvalue weighted by Gasteiger charge is 2.51. The van der Waals surface area contributed by atoms with Gasteiger partial charge in [-0.2, -0.15) is 0 Å². The predicted octanol–water partition coefficient (Wildman–Crippen LogP) is 2.50. The molecule has 0 aromatic heterocycles. The highest BCUT2D eigenvalue weighted by molar-refractivity contribution is 5.84. The molecule has 2 saturated carbocycles. The largest absolute Gasteiger partial charge is 0.481 e. The van der Waals surface area contributed by atoms with Crippen molar-refractivity contribution in [3.63, 3.8) is 0 Å². The molecule has 0 radical (unpaired) electrons. The van der Waals surface area contributed by atoms with Crippen LogP contribution in [0, 0.1) is 29.5 Å². The Kier molecular flexibility index (Phi) is 3.39. The van der Waals surface area contributed by atoms with E-state index in [1.165, 1.54) is 12.1 Å². The van der Waals surface area contributed by atoms with E-state index >= 15 is 0 Å². The average molecular weight is 317 g/mol. The molecule has 2 aliphatic carbocycles. The summed E-state index contributed by atoms with van der Waals surface area (Å²) in [5.41, 5.74) is 0.998. The molecule has 1 N–H and O–H groups in total. The van der Waals surface area contributed by atoms with Gasteiger partial charge in [0.1, 0.15) is 5.82 Å². The molecule has 1 aromatic rings. The minimum absolute atomic E-state index is 0.0622. The van der Waals surface area contributed by atoms with Gasteiger partial charge in [0.2, 0.25) is 5.91 Å². The highest BCUT2D eigenvalue weighted by Crippen LogP contribution is 2.50. The number of carboxylic acids is 1. The number of hydrogen-bond acceptors (Lipinski definition) is 2. The number of hydrogen-bond donors (Lipinski definition) is 1. The molecule has 3 fully saturated rings. The lowest BCUT2D eigenvalue weighted by Crippen LogP contribution is -2.31. The van der Waals surface area contributed by atoms with Crippen molar-refractivity contribution in [2.75, 3.05) is 13.1 Å². The number of aliphatic carboxylic acids is 1. The Bertz CT molecular complexity index is 640. The summed E-state index contributed by atoms with van der Waals surface area (Å²) >= 11 is 0. The van der Waals surface area contributed by atoms with Crippen molar-refractivity contribution in [2.45, 2.75) is 25.2 Å². The Morgan fingerprint density at radius 1 is 1.09 bits per heavy atom. The van der Waals surface area contributed by atoms with E-state index in [9.17, 15) is 19.1 Å². The molecule has 3 aliphatic rings. The lowest BCUT2D eigenvalue weighted by atomic mass is 9.92. The number of likely N-dealkylation sites (tertiary alicyclic amines) is 1. The third-order valence-corrected chi connectivity index (χ3v) is 5.63. The number of amides is 1. The second kappa shape index (κ2) is 5.32. The van der Waals surface area contributed by atoms with Crippen LogP contribution in [0.4, 0.5) is 4.39 Å². The summed E-state index contributed by atoms with van der Waals surface area (Å²) < 4.78 is 13.0. The van der Waals surface area contributed by atoms with Gasteiger partial charge >= 0.3 is 5.97 Å². The first-order chi connectivity index (χ1) is 11.0. The van der Waals surface area contributed by atoms with Gasteiger partial charge in [-0.15, -0.1) is 0 Å². The second-order valence-electron chi connectivity index (χ2n) is 7.19. The Labute approximate surface area is 134 Å². The minimum atomic E-state index is -0.775. The molecule has 122 valence electrons. The van der Waals surface area contributed by atoms with Crippen LogP contribution in [0.25, 0.3) is 0 Å². The number of carbonyl (C=O) groups excluding carboxylic acids is 1. The number of carboxylic acid groups (broad SMARTS) is 1. The Hall–Kier alpha value is -1.91. The summed E-state index contributed by atoms with van der Waals surface area (Å²) in [4.78, 5) is 25.9. The molecule has 1 heterocycles. The van der Waals surface area contributed by atoms with Crippen molar-refractivity contribution >= 4 is 11.9 Å². The van der Waals surface area contributed by atoms with E-state index < -0.39 is 11.9 Å². The molecule has 2 unspecified atom stereocenters.